The zero-order chi connectivity index (χ0) is 8.69. The predicted octanol–water partition coefficient (Wildman–Crippen LogP) is 3.38. The smallest absolute Gasteiger partial charge is 0.00490 e. The first-order chi connectivity index (χ1) is 5.22. The molecule has 0 aliphatic carbocycles. The zero-order valence-corrected chi connectivity index (χ0v) is 10.4. The van der Waals surface area contributed by atoms with E-state index in [2.05, 4.69) is 20.8 Å². The van der Waals surface area contributed by atoms with E-state index in [9.17, 15) is 0 Å². The van der Waals surface area contributed by atoms with Crippen LogP contribution in [0, 0.1) is 11.8 Å². The minimum Gasteiger partial charge on any atom is -0.330 e. The quantitative estimate of drug-likeness (QED) is 0.705. The number of rotatable bonds is 6. The van der Waals surface area contributed by atoms with Crippen LogP contribution in [-0.4, -0.2) is 6.54 Å². The minimum absolute atomic E-state index is 0. The molecule has 0 amide bonds. The first-order valence-electron chi connectivity index (χ1n) is 4.92. The second kappa shape index (κ2) is 9.53. The van der Waals surface area contributed by atoms with E-state index in [1.165, 1.54) is 25.7 Å². The summed E-state index contributed by atoms with van der Waals surface area (Å²) in [6.07, 6.45) is 5.43. The number of unbranched alkanes of at least 4 members (excludes halogenated alkanes) is 2. The summed E-state index contributed by atoms with van der Waals surface area (Å²) < 4.78 is 0. The van der Waals surface area contributed by atoms with Crippen LogP contribution in [0.3, 0.4) is 0 Å². The molecular weight excluding hydrogens is 214 g/mol. The first-order valence-corrected chi connectivity index (χ1v) is 4.92. The van der Waals surface area contributed by atoms with E-state index < -0.39 is 0 Å². The Morgan fingerprint density at radius 1 is 1.08 bits per heavy atom. The van der Waals surface area contributed by atoms with Gasteiger partial charge in [-0.1, -0.05) is 46.5 Å². The summed E-state index contributed by atoms with van der Waals surface area (Å²) in [4.78, 5) is 0. The standard InChI is InChI=1S/C10H23N.BrH/c1-4-5-6-7-9(2)10(3)8-11;/h9-10H,4-8,11H2,1-3H3;1H. The van der Waals surface area contributed by atoms with E-state index in [1.807, 2.05) is 0 Å². The summed E-state index contributed by atoms with van der Waals surface area (Å²) in [6, 6.07) is 0. The maximum Gasteiger partial charge on any atom is -0.00490 e. The van der Waals surface area contributed by atoms with Crippen LogP contribution < -0.4 is 5.73 Å². The molecule has 0 aromatic carbocycles. The van der Waals surface area contributed by atoms with Gasteiger partial charge in [0.05, 0.1) is 0 Å². The van der Waals surface area contributed by atoms with Gasteiger partial charge >= 0.3 is 0 Å². The van der Waals surface area contributed by atoms with Crippen molar-refractivity contribution in [2.45, 2.75) is 46.5 Å². The van der Waals surface area contributed by atoms with E-state index >= 15 is 0 Å². The van der Waals surface area contributed by atoms with Crippen molar-refractivity contribution in [3.05, 3.63) is 0 Å². The van der Waals surface area contributed by atoms with Gasteiger partial charge in [0, 0.05) is 0 Å². The number of halogens is 1. The normalized spacial score (nSPS) is 15.0. The fourth-order valence-electron chi connectivity index (χ4n) is 1.23. The van der Waals surface area contributed by atoms with Crippen molar-refractivity contribution >= 4 is 17.0 Å². The van der Waals surface area contributed by atoms with Gasteiger partial charge in [0.25, 0.3) is 0 Å². The van der Waals surface area contributed by atoms with Crippen molar-refractivity contribution < 1.29 is 0 Å². The van der Waals surface area contributed by atoms with Gasteiger partial charge in [0.2, 0.25) is 0 Å². The SMILES string of the molecule is Br.CCCCCC(C)C(C)CN. The fraction of sp³-hybridized carbons (Fsp3) is 1.00. The van der Waals surface area contributed by atoms with Gasteiger partial charge in [-0.2, -0.15) is 0 Å². The molecule has 0 spiro atoms. The van der Waals surface area contributed by atoms with E-state index in [0.29, 0.717) is 5.92 Å². The van der Waals surface area contributed by atoms with Crippen LogP contribution in [0.1, 0.15) is 46.5 Å². The van der Waals surface area contributed by atoms with Gasteiger partial charge < -0.3 is 5.73 Å². The van der Waals surface area contributed by atoms with Gasteiger partial charge in [-0.05, 0) is 18.4 Å². The molecule has 0 radical (unpaired) electrons. The third-order valence-electron chi connectivity index (χ3n) is 2.61. The Labute approximate surface area is 87.9 Å². The Morgan fingerprint density at radius 2 is 1.67 bits per heavy atom. The molecule has 12 heavy (non-hydrogen) atoms. The second-order valence-electron chi connectivity index (χ2n) is 3.69. The van der Waals surface area contributed by atoms with Gasteiger partial charge in [0.1, 0.15) is 0 Å². The molecule has 2 heteroatoms. The lowest BCUT2D eigenvalue weighted by Gasteiger charge is -2.17. The molecule has 0 fully saturated rings. The summed E-state index contributed by atoms with van der Waals surface area (Å²) in [5.74, 6) is 1.51. The highest BCUT2D eigenvalue weighted by atomic mass is 79.9. The molecule has 0 aliphatic heterocycles. The van der Waals surface area contributed by atoms with Gasteiger partial charge in [-0.15, -0.1) is 17.0 Å². The maximum atomic E-state index is 5.58. The molecule has 2 unspecified atom stereocenters. The van der Waals surface area contributed by atoms with E-state index in [0.717, 1.165) is 12.5 Å². The monoisotopic (exact) mass is 237 g/mol. The lowest BCUT2D eigenvalue weighted by Crippen LogP contribution is -2.18. The highest BCUT2D eigenvalue weighted by Crippen LogP contribution is 2.16. The molecule has 0 saturated heterocycles. The molecular formula is C10H24BrN. The third kappa shape index (κ3) is 7.11. The van der Waals surface area contributed by atoms with Gasteiger partial charge in [-0.25, -0.2) is 0 Å². The van der Waals surface area contributed by atoms with E-state index in [4.69, 9.17) is 5.73 Å². The van der Waals surface area contributed by atoms with Crippen LogP contribution in [0.4, 0.5) is 0 Å². The Balaban J connectivity index is 0. The molecule has 0 bridgehead atoms. The van der Waals surface area contributed by atoms with E-state index in [1.54, 1.807) is 0 Å². The number of hydrogen-bond donors (Lipinski definition) is 1. The highest BCUT2D eigenvalue weighted by Gasteiger charge is 2.08. The molecule has 1 nitrogen and oxygen atoms in total. The Morgan fingerprint density at radius 3 is 2.08 bits per heavy atom. The topological polar surface area (TPSA) is 26.0 Å². The highest BCUT2D eigenvalue weighted by molar-refractivity contribution is 8.93. The Bertz CT molecular complexity index is 85.9. The van der Waals surface area contributed by atoms with Crippen LogP contribution in [-0.2, 0) is 0 Å². The Kier molecular flexibility index (Phi) is 11.9. The van der Waals surface area contributed by atoms with Crippen LogP contribution in [0.2, 0.25) is 0 Å². The lowest BCUT2D eigenvalue weighted by molar-refractivity contribution is 0.359. The van der Waals surface area contributed by atoms with Gasteiger partial charge in [-0.3, -0.25) is 0 Å². The summed E-state index contributed by atoms with van der Waals surface area (Å²) in [6.45, 7) is 7.65. The van der Waals surface area contributed by atoms with Crippen molar-refractivity contribution in [2.75, 3.05) is 6.54 Å². The first kappa shape index (κ1) is 14.9. The average molecular weight is 238 g/mol. The van der Waals surface area contributed by atoms with Crippen LogP contribution in [0.15, 0.2) is 0 Å². The summed E-state index contributed by atoms with van der Waals surface area (Å²) in [5, 5.41) is 0. The second-order valence-corrected chi connectivity index (χ2v) is 3.69. The molecule has 76 valence electrons. The summed E-state index contributed by atoms with van der Waals surface area (Å²) in [5.41, 5.74) is 5.58. The summed E-state index contributed by atoms with van der Waals surface area (Å²) >= 11 is 0. The number of hydrogen-bond acceptors (Lipinski definition) is 1. The average Bonchev–Trinajstić information content (AvgIpc) is 2.03. The third-order valence-corrected chi connectivity index (χ3v) is 2.61. The van der Waals surface area contributed by atoms with Crippen LogP contribution in [0.5, 0.6) is 0 Å². The van der Waals surface area contributed by atoms with Gasteiger partial charge in [0.15, 0.2) is 0 Å². The molecule has 0 aromatic rings. The molecule has 0 aliphatic rings. The van der Waals surface area contributed by atoms with E-state index in [-0.39, 0.29) is 17.0 Å². The minimum atomic E-state index is 0. The Hall–Kier alpha value is 0.440. The lowest BCUT2D eigenvalue weighted by atomic mass is 9.91. The zero-order valence-electron chi connectivity index (χ0n) is 8.68. The van der Waals surface area contributed by atoms with Crippen molar-refractivity contribution in [1.82, 2.24) is 0 Å². The fourth-order valence-corrected chi connectivity index (χ4v) is 1.23. The number of nitrogens with two attached hydrogens (primary N) is 1. The molecule has 2 N–H and O–H groups in total. The maximum absolute atomic E-state index is 5.58. The van der Waals surface area contributed by atoms with Crippen molar-refractivity contribution in [3.63, 3.8) is 0 Å². The molecule has 2 atom stereocenters. The molecule has 0 rings (SSSR count). The molecule has 0 aromatic heterocycles. The van der Waals surface area contributed by atoms with Crippen molar-refractivity contribution in [2.24, 2.45) is 17.6 Å². The predicted molar refractivity (Wildman–Crippen MR) is 61.8 cm³/mol. The van der Waals surface area contributed by atoms with Crippen molar-refractivity contribution in [1.29, 1.82) is 0 Å². The molecule has 0 saturated carbocycles. The van der Waals surface area contributed by atoms with Crippen LogP contribution >= 0.6 is 17.0 Å². The van der Waals surface area contributed by atoms with Crippen molar-refractivity contribution in [3.8, 4) is 0 Å². The summed E-state index contributed by atoms with van der Waals surface area (Å²) in [7, 11) is 0. The molecule has 0 heterocycles. The van der Waals surface area contributed by atoms with Crippen LogP contribution in [0.25, 0.3) is 0 Å². The largest absolute Gasteiger partial charge is 0.330 e.